The van der Waals surface area contributed by atoms with Crippen molar-refractivity contribution in [2.45, 2.75) is 26.3 Å². The molecule has 1 aromatic heterocycles. The van der Waals surface area contributed by atoms with E-state index < -0.39 is 0 Å². The van der Waals surface area contributed by atoms with Crippen molar-refractivity contribution in [2.24, 2.45) is 0 Å². The lowest BCUT2D eigenvalue weighted by atomic mass is 10.1. The first-order valence-electron chi connectivity index (χ1n) is 8.39. The summed E-state index contributed by atoms with van der Waals surface area (Å²) in [5, 5.41) is 8.76. The Bertz CT molecular complexity index is 890. The largest absolute Gasteiger partial charge is 0.421 e. The highest BCUT2D eigenvalue weighted by Crippen LogP contribution is 2.19. The van der Waals surface area contributed by atoms with Gasteiger partial charge in [-0.25, -0.2) is 0 Å². The quantitative estimate of drug-likeness (QED) is 0.650. The van der Waals surface area contributed by atoms with E-state index in [0.717, 1.165) is 11.1 Å². The summed E-state index contributed by atoms with van der Waals surface area (Å²) in [4.78, 5) is 14.0. The summed E-state index contributed by atoms with van der Waals surface area (Å²) >= 11 is 5.98. The van der Waals surface area contributed by atoms with Crippen LogP contribution in [0.1, 0.15) is 23.4 Å². The number of carbonyl (C=O) groups is 1. The molecule has 2 aromatic carbocycles. The molecule has 0 fully saturated rings. The highest BCUT2D eigenvalue weighted by Gasteiger charge is 2.13. The number of hydrogen-bond donors (Lipinski definition) is 0. The predicted molar refractivity (Wildman–Crippen MR) is 101 cm³/mol. The number of aromatic nitrogens is 2. The van der Waals surface area contributed by atoms with Crippen LogP contribution in [-0.2, 0) is 17.8 Å². The first-order valence-corrected chi connectivity index (χ1v) is 8.77. The lowest BCUT2D eigenvalue weighted by Gasteiger charge is -2.17. The standard InChI is InChI=1S/C20H20ClN3O2/c1-14-6-8-16(9-7-14)20-23-22-18(26-20)10-11-19(25)24(2)13-15-4-3-5-17(21)12-15/h3-9,12H,10-11,13H2,1-2H3. The van der Waals surface area contributed by atoms with Crippen LogP contribution in [-0.4, -0.2) is 28.1 Å². The van der Waals surface area contributed by atoms with Crippen molar-refractivity contribution in [1.29, 1.82) is 0 Å². The van der Waals surface area contributed by atoms with Crippen LogP contribution in [0.5, 0.6) is 0 Å². The molecular weight excluding hydrogens is 350 g/mol. The third-order valence-corrected chi connectivity index (χ3v) is 4.29. The molecule has 0 atom stereocenters. The molecule has 0 aliphatic heterocycles. The number of halogens is 1. The van der Waals surface area contributed by atoms with Crippen LogP contribution in [0.2, 0.25) is 5.02 Å². The van der Waals surface area contributed by atoms with Gasteiger partial charge in [0.2, 0.25) is 17.7 Å². The molecule has 0 aliphatic rings. The van der Waals surface area contributed by atoms with Crippen molar-refractivity contribution in [3.63, 3.8) is 0 Å². The van der Waals surface area contributed by atoms with Crippen molar-refractivity contribution in [3.8, 4) is 11.5 Å². The Morgan fingerprint density at radius 1 is 1.15 bits per heavy atom. The van der Waals surface area contributed by atoms with E-state index in [1.54, 1.807) is 11.9 Å². The van der Waals surface area contributed by atoms with Gasteiger partial charge in [0.25, 0.3) is 0 Å². The molecule has 0 N–H and O–H groups in total. The first-order chi connectivity index (χ1) is 12.5. The molecule has 0 aliphatic carbocycles. The van der Waals surface area contributed by atoms with Crippen LogP contribution in [0, 0.1) is 6.92 Å². The van der Waals surface area contributed by atoms with E-state index in [1.807, 2.05) is 55.5 Å². The van der Waals surface area contributed by atoms with Crippen LogP contribution < -0.4 is 0 Å². The van der Waals surface area contributed by atoms with Crippen LogP contribution in [0.15, 0.2) is 52.9 Å². The molecule has 0 saturated carbocycles. The van der Waals surface area contributed by atoms with Crippen LogP contribution in [0.25, 0.3) is 11.5 Å². The lowest BCUT2D eigenvalue weighted by Crippen LogP contribution is -2.26. The fourth-order valence-electron chi connectivity index (χ4n) is 2.57. The summed E-state index contributed by atoms with van der Waals surface area (Å²) < 4.78 is 5.66. The van der Waals surface area contributed by atoms with Gasteiger partial charge in [0, 0.05) is 37.0 Å². The zero-order chi connectivity index (χ0) is 18.5. The van der Waals surface area contributed by atoms with Gasteiger partial charge in [-0.2, -0.15) is 0 Å². The maximum Gasteiger partial charge on any atom is 0.247 e. The smallest absolute Gasteiger partial charge is 0.247 e. The van der Waals surface area contributed by atoms with E-state index in [1.165, 1.54) is 5.56 Å². The third-order valence-electron chi connectivity index (χ3n) is 4.05. The molecule has 0 unspecified atom stereocenters. The lowest BCUT2D eigenvalue weighted by molar-refractivity contribution is -0.130. The third kappa shape index (κ3) is 4.70. The maximum absolute atomic E-state index is 12.3. The second-order valence-electron chi connectivity index (χ2n) is 6.25. The Balaban J connectivity index is 1.55. The van der Waals surface area contributed by atoms with E-state index in [9.17, 15) is 4.79 Å². The van der Waals surface area contributed by atoms with E-state index in [0.29, 0.717) is 36.2 Å². The predicted octanol–water partition coefficient (Wildman–Crippen LogP) is 4.29. The second kappa shape index (κ2) is 8.15. The van der Waals surface area contributed by atoms with Crippen LogP contribution in [0.3, 0.4) is 0 Å². The SMILES string of the molecule is Cc1ccc(-c2nnc(CCC(=O)N(C)Cc3cccc(Cl)c3)o2)cc1. The number of rotatable bonds is 6. The number of carbonyl (C=O) groups excluding carboxylic acids is 1. The fraction of sp³-hybridized carbons (Fsp3) is 0.250. The Morgan fingerprint density at radius 2 is 1.92 bits per heavy atom. The molecule has 0 saturated heterocycles. The molecule has 0 spiro atoms. The molecule has 3 aromatic rings. The summed E-state index contributed by atoms with van der Waals surface area (Å²) in [6.07, 6.45) is 0.726. The monoisotopic (exact) mass is 369 g/mol. The molecule has 134 valence electrons. The molecule has 5 nitrogen and oxygen atoms in total. The minimum Gasteiger partial charge on any atom is -0.421 e. The van der Waals surface area contributed by atoms with Gasteiger partial charge in [-0.3, -0.25) is 4.79 Å². The molecular formula is C20H20ClN3O2. The molecule has 6 heteroatoms. The molecule has 26 heavy (non-hydrogen) atoms. The average molecular weight is 370 g/mol. The molecule has 0 radical (unpaired) electrons. The van der Waals surface area contributed by atoms with Crippen molar-refractivity contribution >= 4 is 17.5 Å². The Hall–Kier alpha value is -2.66. The summed E-state index contributed by atoms with van der Waals surface area (Å²) in [6, 6.07) is 15.4. The zero-order valence-electron chi connectivity index (χ0n) is 14.8. The van der Waals surface area contributed by atoms with Gasteiger partial charge in [0.05, 0.1) is 0 Å². The van der Waals surface area contributed by atoms with Crippen molar-refractivity contribution in [3.05, 3.63) is 70.6 Å². The number of hydrogen-bond acceptors (Lipinski definition) is 4. The highest BCUT2D eigenvalue weighted by molar-refractivity contribution is 6.30. The van der Waals surface area contributed by atoms with Gasteiger partial charge in [-0.15, -0.1) is 10.2 Å². The normalized spacial score (nSPS) is 10.7. The minimum atomic E-state index is 0.0139. The van der Waals surface area contributed by atoms with E-state index in [-0.39, 0.29) is 5.91 Å². The Kier molecular flexibility index (Phi) is 5.68. The number of aryl methyl sites for hydroxylation is 2. The van der Waals surface area contributed by atoms with Crippen LogP contribution >= 0.6 is 11.6 Å². The van der Waals surface area contributed by atoms with Gasteiger partial charge in [0.15, 0.2) is 0 Å². The minimum absolute atomic E-state index is 0.0139. The van der Waals surface area contributed by atoms with Crippen molar-refractivity contribution < 1.29 is 9.21 Å². The molecule has 1 heterocycles. The number of amides is 1. The first kappa shape index (κ1) is 18.1. The average Bonchev–Trinajstić information content (AvgIpc) is 3.09. The molecule has 1 amide bonds. The Morgan fingerprint density at radius 3 is 2.65 bits per heavy atom. The highest BCUT2D eigenvalue weighted by atomic mass is 35.5. The molecule has 3 rings (SSSR count). The summed E-state index contributed by atoms with van der Waals surface area (Å²) in [6.45, 7) is 2.53. The second-order valence-corrected chi connectivity index (χ2v) is 6.68. The summed E-state index contributed by atoms with van der Waals surface area (Å²) in [7, 11) is 1.77. The van der Waals surface area contributed by atoms with E-state index >= 15 is 0 Å². The zero-order valence-corrected chi connectivity index (χ0v) is 15.5. The fourth-order valence-corrected chi connectivity index (χ4v) is 2.78. The van der Waals surface area contributed by atoms with Crippen molar-refractivity contribution in [2.75, 3.05) is 7.05 Å². The van der Waals surface area contributed by atoms with Gasteiger partial charge in [0.1, 0.15) is 0 Å². The van der Waals surface area contributed by atoms with E-state index in [4.69, 9.17) is 16.0 Å². The van der Waals surface area contributed by atoms with Gasteiger partial charge >= 0.3 is 0 Å². The maximum atomic E-state index is 12.3. The number of nitrogens with zero attached hydrogens (tertiary/aromatic N) is 3. The van der Waals surface area contributed by atoms with Crippen LogP contribution in [0.4, 0.5) is 0 Å². The van der Waals surface area contributed by atoms with Gasteiger partial charge < -0.3 is 9.32 Å². The van der Waals surface area contributed by atoms with Gasteiger partial charge in [-0.05, 0) is 36.8 Å². The van der Waals surface area contributed by atoms with Crippen molar-refractivity contribution in [1.82, 2.24) is 15.1 Å². The summed E-state index contributed by atoms with van der Waals surface area (Å²) in [5.41, 5.74) is 3.04. The van der Waals surface area contributed by atoms with E-state index in [2.05, 4.69) is 10.2 Å². The van der Waals surface area contributed by atoms with Gasteiger partial charge in [-0.1, -0.05) is 41.4 Å². The summed E-state index contributed by atoms with van der Waals surface area (Å²) in [5.74, 6) is 0.949. The molecule has 0 bridgehead atoms. The Labute approximate surface area is 157 Å². The topological polar surface area (TPSA) is 59.2 Å². The number of benzene rings is 2.